The van der Waals surface area contributed by atoms with Crippen LogP contribution in [0.5, 0.6) is 0 Å². The smallest absolute Gasteiger partial charge is 0.255 e. The first kappa shape index (κ1) is 12.3. The zero-order chi connectivity index (χ0) is 12.5. The SMILES string of the molecule is O=S(=O)(Nc1nccs1)c1cc(Cl)ccc1F. The molecule has 8 heteroatoms. The largest absolute Gasteiger partial charge is 0.266 e. The van der Waals surface area contributed by atoms with Gasteiger partial charge in [-0.25, -0.2) is 17.8 Å². The van der Waals surface area contributed by atoms with Crippen LogP contribution in [0.3, 0.4) is 0 Å². The molecule has 0 atom stereocenters. The number of hydrogen-bond acceptors (Lipinski definition) is 4. The Kier molecular flexibility index (Phi) is 3.32. The van der Waals surface area contributed by atoms with Crippen molar-refractivity contribution in [1.82, 2.24) is 4.98 Å². The van der Waals surface area contributed by atoms with Gasteiger partial charge in [0.25, 0.3) is 10.0 Å². The molecule has 90 valence electrons. The second-order valence-corrected chi connectivity index (χ2v) is 6.00. The highest BCUT2D eigenvalue weighted by Crippen LogP contribution is 2.22. The Morgan fingerprint density at radius 3 is 2.82 bits per heavy atom. The second kappa shape index (κ2) is 4.59. The van der Waals surface area contributed by atoms with Crippen LogP contribution < -0.4 is 4.72 Å². The Labute approximate surface area is 106 Å². The van der Waals surface area contributed by atoms with Crippen LogP contribution in [-0.2, 0) is 10.0 Å². The fourth-order valence-electron chi connectivity index (χ4n) is 1.13. The molecule has 1 heterocycles. The summed E-state index contributed by atoms with van der Waals surface area (Å²) in [7, 11) is -4.00. The lowest BCUT2D eigenvalue weighted by Gasteiger charge is -2.06. The van der Waals surface area contributed by atoms with E-state index in [-0.39, 0.29) is 10.2 Å². The van der Waals surface area contributed by atoms with Crippen LogP contribution in [0.1, 0.15) is 0 Å². The Bertz CT molecular complexity index is 628. The minimum absolute atomic E-state index is 0.144. The topological polar surface area (TPSA) is 59.1 Å². The van der Waals surface area contributed by atoms with Crippen molar-refractivity contribution < 1.29 is 12.8 Å². The summed E-state index contributed by atoms with van der Waals surface area (Å²) in [4.78, 5) is 3.25. The molecule has 0 aliphatic carbocycles. The number of sulfonamides is 1. The molecule has 1 aromatic heterocycles. The Hall–Kier alpha value is -1.18. The molecule has 2 aromatic rings. The maximum absolute atomic E-state index is 13.4. The fraction of sp³-hybridized carbons (Fsp3) is 0. The third kappa shape index (κ3) is 2.74. The summed E-state index contributed by atoms with van der Waals surface area (Å²) in [5.74, 6) is -0.863. The Morgan fingerprint density at radius 1 is 1.41 bits per heavy atom. The summed E-state index contributed by atoms with van der Waals surface area (Å²) in [5.41, 5.74) is 0. The molecule has 0 aliphatic rings. The standard InChI is InChI=1S/C9H6ClFN2O2S2/c10-6-1-2-7(11)8(5-6)17(14,15)13-9-12-3-4-16-9/h1-5H,(H,12,13). The van der Waals surface area contributed by atoms with Crippen LogP contribution in [0, 0.1) is 5.82 Å². The Balaban J connectivity index is 2.41. The second-order valence-electron chi connectivity index (χ2n) is 3.02. The van der Waals surface area contributed by atoms with Crippen LogP contribution in [-0.4, -0.2) is 13.4 Å². The van der Waals surface area contributed by atoms with E-state index in [1.807, 2.05) is 0 Å². The highest BCUT2D eigenvalue weighted by Gasteiger charge is 2.20. The van der Waals surface area contributed by atoms with E-state index >= 15 is 0 Å². The molecular weight excluding hydrogens is 287 g/mol. The summed E-state index contributed by atoms with van der Waals surface area (Å²) in [6.07, 6.45) is 1.44. The lowest BCUT2D eigenvalue weighted by molar-refractivity contribution is 0.570. The first-order valence-electron chi connectivity index (χ1n) is 4.36. The number of halogens is 2. The molecular formula is C9H6ClFN2O2S2. The van der Waals surface area contributed by atoms with Gasteiger partial charge < -0.3 is 0 Å². The maximum atomic E-state index is 13.4. The molecule has 0 fully saturated rings. The highest BCUT2D eigenvalue weighted by molar-refractivity contribution is 7.93. The lowest BCUT2D eigenvalue weighted by Crippen LogP contribution is -2.14. The van der Waals surface area contributed by atoms with Crippen molar-refractivity contribution in [1.29, 1.82) is 0 Å². The van der Waals surface area contributed by atoms with Gasteiger partial charge in [-0.2, -0.15) is 0 Å². The first-order valence-corrected chi connectivity index (χ1v) is 7.10. The molecule has 0 bridgehead atoms. The highest BCUT2D eigenvalue weighted by atomic mass is 35.5. The van der Waals surface area contributed by atoms with Crippen molar-refractivity contribution in [3.05, 3.63) is 40.6 Å². The lowest BCUT2D eigenvalue weighted by atomic mass is 10.3. The fourth-order valence-corrected chi connectivity index (χ4v) is 3.26. The van der Waals surface area contributed by atoms with E-state index in [0.717, 1.165) is 23.5 Å². The van der Waals surface area contributed by atoms with Gasteiger partial charge in [0.15, 0.2) is 5.13 Å². The molecule has 0 amide bonds. The van der Waals surface area contributed by atoms with Crippen molar-refractivity contribution in [2.24, 2.45) is 0 Å². The number of benzene rings is 1. The average molecular weight is 293 g/mol. The van der Waals surface area contributed by atoms with Gasteiger partial charge in [0.1, 0.15) is 10.7 Å². The molecule has 4 nitrogen and oxygen atoms in total. The number of thiazole rings is 1. The van der Waals surface area contributed by atoms with E-state index < -0.39 is 20.7 Å². The molecule has 1 N–H and O–H groups in total. The van der Waals surface area contributed by atoms with Crippen LogP contribution in [0.25, 0.3) is 0 Å². The van der Waals surface area contributed by atoms with E-state index in [0.29, 0.717) is 0 Å². The number of anilines is 1. The molecule has 1 aromatic carbocycles. The zero-order valence-electron chi connectivity index (χ0n) is 8.22. The molecule has 0 unspecified atom stereocenters. The summed E-state index contributed by atoms with van der Waals surface area (Å²) >= 11 is 6.73. The van der Waals surface area contributed by atoms with E-state index in [1.54, 1.807) is 5.38 Å². The number of nitrogens with one attached hydrogen (secondary N) is 1. The summed E-state index contributed by atoms with van der Waals surface area (Å²) in [5, 5.41) is 1.92. The molecule has 0 aliphatic heterocycles. The first-order chi connectivity index (χ1) is 7.99. The van der Waals surface area contributed by atoms with Crippen molar-refractivity contribution in [2.75, 3.05) is 4.72 Å². The quantitative estimate of drug-likeness (QED) is 0.946. The van der Waals surface area contributed by atoms with Crippen molar-refractivity contribution in [3.8, 4) is 0 Å². The third-order valence-electron chi connectivity index (χ3n) is 1.84. The molecule has 0 saturated heterocycles. The average Bonchev–Trinajstić information content (AvgIpc) is 2.73. The van der Waals surface area contributed by atoms with Gasteiger partial charge in [0, 0.05) is 16.6 Å². The van der Waals surface area contributed by atoms with Gasteiger partial charge >= 0.3 is 0 Å². The normalized spacial score (nSPS) is 11.4. The van der Waals surface area contributed by atoms with Gasteiger partial charge in [-0.15, -0.1) is 11.3 Å². The maximum Gasteiger partial charge on any atom is 0.266 e. The zero-order valence-corrected chi connectivity index (χ0v) is 10.6. The van der Waals surface area contributed by atoms with E-state index in [1.165, 1.54) is 12.3 Å². The number of hydrogen-bond donors (Lipinski definition) is 1. The molecule has 0 radical (unpaired) electrons. The van der Waals surface area contributed by atoms with Gasteiger partial charge in [-0.1, -0.05) is 11.6 Å². The van der Waals surface area contributed by atoms with Crippen LogP contribution >= 0.6 is 22.9 Å². The van der Waals surface area contributed by atoms with Crippen molar-refractivity contribution >= 4 is 38.1 Å². The monoisotopic (exact) mass is 292 g/mol. The van der Waals surface area contributed by atoms with E-state index in [2.05, 4.69) is 9.71 Å². The van der Waals surface area contributed by atoms with E-state index in [9.17, 15) is 12.8 Å². The number of rotatable bonds is 3. The number of aromatic nitrogens is 1. The molecule has 2 rings (SSSR count). The van der Waals surface area contributed by atoms with Gasteiger partial charge in [-0.05, 0) is 18.2 Å². The summed E-state index contributed by atoms with van der Waals surface area (Å²) in [6.45, 7) is 0. The molecule has 0 saturated carbocycles. The van der Waals surface area contributed by atoms with Crippen molar-refractivity contribution in [3.63, 3.8) is 0 Å². The van der Waals surface area contributed by atoms with Gasteiger partial charge in [-0.3, -0.25) is 4.72 Å². The van der Waals surface area contributed by atoms with E-state index in [4.69, 9.17) is 11.6 Å². The third-order valence-corrected chi connectivity index (χ3v) is 4.24. The predicted octanol–water partition coefficient (Wildman–Crippen LogP) is 2.74. The molecule has 17 heavy (non-hydrogen) atoms. The minimum Gasteiger partial charge on any atom is -0.255 e. The summed E-state index contributed by atoms with van der Waals surface area (Å²) < 4.78 is 39.2. The Morgan fingerprint density at radius 2 is 2.18 bits per heavy atom. The summed E-state index contributed by atoms with van der Waals surface area (Å²) in [6, 6.07) is 3.32. The van der Waals surface area contributed by atoms with Crippen LogP contribution in [0.15, 0.2) is 34.7 Å². The number of nitrogens with zero attached hydrogens (tertiary/aromatic N) is 1. The predicted molar refractivity (Wildman–Crippen MR) is 64.3 cm³/mol. The van der Waals surface area contributed by atoms with Crippen LogP contribution in [0.4, 0.5) is 9.52 Å². The van der Waals surface area contributed by atoms with Gasteiger partial charge in [0.2, 0.25) is 0 Å². The van der Waals surface area contributed by atoms with Crippen molar-refractivity contribution in [2.45, 2.75) is 4.90 Å². The minimum atomic E-state index is -4.00. The van der Waals surface area contributed by atoms with Gasteiger partial charge in [0.05, 0.1) is 0 Å². The van der Waals surface area contributed by atoms with Crippen LogP contribution in [0.2, 0.25) is 5.02 Å². The molecule has 0 spiro atoms.